The van der Waals surface area contributed by atoms with Gasteiger partial charge in [0.15, 0.2) is 0 Å². The maximum absolute atomic E-state index is 12.7. The zero-order valence-corrected chi connectivity index (χ0v) is 38.7. The van der Waals surface area contributed by atoms with E-state index in [-0.39, 0.29) is 6.42 Å². The molecule has 1 amide bonds. The van der Waals surface area contributed by atoms with Crippen LogP contribution in [0.4, 0.5) is 0 Å². The highest BCUT2D eigenvalue weighted by Crippen LogP contribution is 2.17. The standard InChI is InChI=1S/C49H97NO6S/c1-3-5-7-9-11-13-15-17-19-21-23-25-27-29-31-33-35-37-39-41-43-47(51)46(45-57(54,55)56)50-49(53)48(52)44-42-40-38-36-34-32-30-28-26-24-22-20-18-16-14-12-10-8-6-4-2/h41,43,46-48,51-52H,3-40,42,44-45H2,1-2H3,(H,50,53)(H,54,55,56)/b43-41+. The fourth-order valence-electron chi connectivity index (χ4n) is 7.99. The van der Waals surface area contributed by atoms with E-state index in [9.17, 15) is 28.0 Å². The summed E-state index contributed by atoms with van der Waals surface area (Å²) >= 11 is 0. The van der Waals surface area contributed by atoms with Crippen LogP contribution >= 0.6 is 0 Å². The van der Waals surface area contributed by atoms with Crippen LogP contribution < -0.4 is 5.32 Å². The van der Waals surface area contributed by atoms with Gasteiger partial charge in [0.25, 0.3) is 10.1 Å². The van der Waals surface area contributed by atoms with Crippen molar-refractivity contribution in [3.8, 4) is 0 Å². The molecule has 0 aliphatic carbocycles. The molecule has 340 valence electrons. The highest BCUT2D eigenvalue weighted by molar-refractivity contribution is 7.85. The third kappa shape index (κ3) is 43.0. The molecule has 0 saturated carbocycles. The Morgan fingerprint density at radius 3 is 1.05 bits per heavy atom. The number of hydrogen-bond acceptors (Lipinski definition) is 5. The van der Waals surface area contributed by atoms with Gasteiger partial charge < -0.3 is 15.5 Å². The number of rotatable bonds is 46. The van der Waals surface area contributed by atoms with Gasteiger partial charge in [-0.3, -0.25) is 9.35 Å². The van der Waals surface area contributed by atoms with Gasteiger partial charge in [0.2, 0.25) is 5.91 Å². The minimum absolute atomic E-state index is 0.286. The summed E-state index contributed by atoms with van der Waals surface area (Å²) in [6.45, 7) is 4.55. The van der Waals surface area contributed by atoms with Crippen LogP contribution in [0.2, 0.25) is 0 Å². The van der Waals surface area contributed by atoms with Gasteiger partial charge in [-0.05, 0) is 19.3 Å². The van der Waals surface area contributed by atoms with E-state index >= 15 is 0 Å². The first kappa shape index (κ1) is 56.0. The van der Waals surface area contributed by atoms with Crippen molar-refractivity contribution in [2.45, 2.75) is 289 Å². The van der Waals surface area contributed by atoms with Crippen molar-refractivity contribution < 1.29 is 28.0 Å². The number of amides is 1. The second-order valence-electron chi connectivity index (χ2n) is 17.6. The summed E-state index contributed by atoms with van der Waals surface area (Å²) < 4.78 is 32.7. The van der Waals surface area contributed by atoms with Gasteiger partial charge in [0.05, 0.1) is 17.9 Å². The van der Waals surface area contributed by atoms with E-state index in [4.69, 9.17) is 0 Å². The van der Waals surface area contributed by atoms with E-state index in [0.29, 0.717) is 6.42 Å². The lowest BCUT2D eigenvalue weighted by atomic mass is 10.0. The molecule has 0 aliphatic rings. The molecule has 7 nitrogen and oxygen atoms in total. The number of aliphatic hydroxyl groups excluding tert-OH is 2. The third-order valence-corrected chi connectivity index (χ3v) is 12.6. The molecule has 0 heterocycles. The van der Waals surface area contributed by atoms with E-state index in [1.807, 2.05) is 6.08 Å². The zero-order valence-electron chi connectivity index (χ0n) is 37.9. The van der Waals surface area contributed by atoms with Crippen LogP contribution in [0.3, 0.4) is 0 Å². The van der Waals surface area contributed by atoms with Crippen LogP contribution in [-0.4, -0.2) is 53.1 Å². The van der Waals surface area contributed by atoms with Crippen LogP contribution in [0, 0.1) is 0 Å². The molecule has 8 heteroatoms. The Morgan fingerprint density at radius 2 is 0.754 bits per heavy atom. The second kappa shape index (κ2) is 43.1. The molecule has 0 fully saturated rings. The van der Waals surface area contributed by atoms with Gasteiger partial charge >= 0.3 is 0 Å². The molecule has 0 bridgehead atoms. The predicted octanol–water partition coefficient (Wildman–Crippen LogP) is 14.3. The number of allylic oxidation sites excluding steroid dienone is 1. The first-order chi connectivity index (χ1) is 27.7. The lowest BCUT2D eigenvalue weighted by Crippen LogP contribution is -2.50. The zero-order chi connectivity index (χ0) is 41.9. The molecule has 0 rings (SSSR count). The quantitative estimate of drug-likeness (QED) is 0.0275. The Bertz CT molecular complexity index is 973. The summed E-state index contributed by atoms with van der Waals surface area (Å²) in [6, 6.07) is -1.23. The van der Waals surface area contributed by atoms with E-state index in [0.717, 1.165) is 38.5 Å². The summed E-state index contributed by atoms with van der Waals surface area (Å²) in [6.07, 6.45) is 51.3. The highest BCUT2D eigenvalue weighted by atomic mass is 32.2. The average molecular weight is 828 g/mol. The molecule has 3 unspecified atom stereocenters. The molecule has 0 spiro atoms. The van der Waals surface area contributed by atoms with Crippen molar-refractivity contribution in [1.29, 1.82) is 0 Å². The van der Waals surface area contributed by atoms with Crippen LogP contribution in [0.15, 0.2) is 12.2 Å². The topological polar surface area (TPSA) is 124 Å². The molecule has 57 heavy (non-hydrogen) atoms. The molecule has 0 aromatic rings. The minimum atomic E-state index is -4.44. The number of unbranched alkanes of at least 4 members (excludes halogenated alkanes) is 37. The summed E-state index contributed by atoms with van der Waals surface area (Å²) in [7, 11) is -4.44. The second-order valence-corrected chi connectivity index (χ2v) is 19.1. The summed E-state index contributed by atoms with van der Waals surface area (Å²) in [5.74, 6) is -1.52. The molecule has 0 aromatic carbocycles. The monoisotopic (exact) mass is 828 g/mol. The molecule has 0 radical (unpaired) electrons. The lowest BCUT2D eigenvalue weighted by Gasteiger charge is -2.22. The third-order valence-electron chi connectivity index (χ3n) is 11.8. The van der Waals surface area contributed by atoms with Gasteiger partial charge in [0, 0.05) is 0 Å². The number of carbonyl (C=O) groups is 1. The fourth-order valence-corrected chi connectivity index (χ4v) is 8.72. The summed E-state index contributed by atoms with van der Waals surface area (Å²) in [4.78, 5) is 12.7. The van der Waals surface area contributed by atoms with Crippen molar-refractivity contribution in [1.82, 2.24) is 5.32 Å². The first-order valence-corrected chi connectivity index (χ1v) is 26.6. The highest BCUT2D eigenvalue weighted by Gasteiger charge is 2.27. The van der Waals surface area contributed by atoms with Crippen LogP contribution in [0.1, 0.15) is 271 Å². The van der Waals surface area contributed by atoms with Gasteiger partial charge in [0.1, 0.15) is 6.10 Å². The average Bonchev–Trinajstić information content (AvgIpc) is 3.18. The molecule has 0 aliphatic heterocycles. The van der Waals surface area contributed by atoms with Crippen molar-refractivity contribution in [2.24, 2.45) is 0 Å². The van der Waals surface area contributed by atoms with Crippen LogP contribution in [0.25, 0.3) is 0 Å². The number of hydrogen-bond donors (Lipinski definition) is 4. The number of nitrogens with one attached hydrogen (secondary N) is 1. The fraction of sp³-hybridized carbons (Fsp3) is 0.939. The van der Waals surface area contributed by atoms with Gasteiger partial charge in [-0.25, -0.2) is 0 Å². The smallest absolute Gasteiger partial charge is 0.267 e. The lowest BCUT2D eigenvalue weighted by molar-refractivity contribution is -0.130. The SMILES string of the molecule is CCCCCCCCCCCCCCCCCCCC/C=C/C(O)C(CS(=O)(=O)O)NC(=O)C(O)CCCCCCCCCCCCCCCCCCCCCC. The van der Waals surface area contributed by atoms with Crippen LogP contribution in [0.5, 0.6) is 0 Å². The Morgan fingerprint density at radius 1 is 0.474 bits per heavy atom. The van der Waals surface area contributed by atoms with E-state index in [2.05, 4.69) is 19.2 Å². The Hall–Kier alpha value is -0.960. The molecule has 3 atom stereocenters. The Balaban J connectivity index is 3.88. The summed E-state index contributed by atoms with van der Waals surface area (Å²) in [5, 5.41) is 23.5. The van der Waals surface area contributed by atoms with Crippen molar-refractivity contribution in [3.05, 3.63) is 12.2 Å². The maximum Gasteiger partial charge on any atom is 0.267 e. The van der Waals surface area contributed by atoms with Crippen LogP contribution in [-0.2, 0) is 14.9 Å². The van der Waals surface area contributed by atoms with E-state index < -0.39 is 40.0 Å². The predicted molar refractivity (Wildman–Crippen MR) is 246 cm³/mol. The van der Waals surface area contributed by atoms with Gasteiger partial charge in [-0.1, -0.05) is 264 Å². The largest absolute Gasteiger partial charge is 0.387 e. The molecular weight excluding hydrogens is 731 g/mol. The normalized spacial score (nSPS) is 13.7. The molecule has 0 saturated heterocycles. The van der Waals surface area contributed by atoms with Crippen molar-refractivity contribution >= 4 is 16.0 Å². The number of carbonyl (C=O) groups excluding carboxylic acids is 1. The first-order valence-electron chi connectivity index (χ1n) is 25.0. The van der Waals surface area contributed by atoms with E-state index in [1.54, 1.807) is 0 Å². The summed E-state index contributed by atoms with van der Waals surface area (Å²) in [5.41, 5.74) is 0. The van der Waals surface area contributed by atoms with Gasteiger partial charge in [-0.2, -0.15) is 8.42 Å². The molecule has 0 aromatic heterocycles. The molecular formula is C49H97NO6S. The maximum atomic E-state index is 12.7. The van der Waals surface area contributed by atoms with Crippen molar-refractivity contribution in [2.75, 3.05) is 5.75 Å². The van der Waals surface area contributed by atoms with Crippen molar-refractivity contribution in [3.63, 3.8) is 0 Å². The van der Waals surface area contributed by atoms with Gasteiger partial charge in [-0.15, -0.1) is 0 Å². The Labute approximate surface area is 354 Å². The molecule has 4 N–H and O–H groups in total. The van der Waals surface area contributed by atoms with E-state index in [1.165, 1.54) is 212 Å². The Kier molecular flexibility index (Phi) is 42.4. The minimum Gasteiger partial charge on any atom is -0.387 e. The number of aliphatic hydroxyl groups is 2.